The molecule has 2 rings (SSSR count). The van der Waals surface area contributed by atoms with Crippen molar-refractivity contribution in [3.8, 4) is 0 Å². The largest absolute Gasteiger partial charge is 0.481 e. The molecule has 1 aromatic rings. The van der Waals surface area contributed by atoms with Gasteiger partial charge in [0, 0.05) is 12.5 Å². The summed E-state index contributed by atoms with van der Waals surface area (Å²) in [7, 11) is 0. The summed E-state index contributed by atoms with van der Waals surface area (Å²) in [5, 5.41) is 8.80. The number of carboxylic acid groups (broad SMARTS) is 1. The number of rotatable bonds is 5. The maximum Gasteiger partial charge on any atom is 0.303 e. The van der Waals surface area contributed by atoms with E-state index in [0.717, 1.165) is 11.5 Å². The SMILES string of the molecule is CC1CCC(c2ccccc2C(N)CCC(=O)O)CC1. The van der Waals surface area contributed by atoms with Crippen molar-refractivity contribution in [2.24, 2.45) is 11.7 Å². The van der Waals surface area contributed by atoms with Crippen LogP contribution in [0.3, 0.4) is 0 Å². The van der Waals surface area contributed by atoms with Gasteiger partial charge in [0.15, 0.2) is 0 Å². The van der Waals surface area contributed by atoms with E-state index in [2.05, 4.69) is 25.1 Å². The van der Waals surface area contributed by atoms with Crippen LogP contribution in [0.2, 0.25) is 0 Å². The van der Waals surface area contributed by atoms with Crippen LogP contribution in [0.4, 0.5) is 0 Å². The topological polar surface area (TPSA) is 63.3 Å². The summed E-state index contributed by atoms with van der Waals surface area (Å²) in [6.07, 6.45) is 5.66. The van der Waals surface area contributed by atoms with Crippen molar-refractivity contribution in [2.45, 2.75) is 57.4 Å². The maximum atomic E-state index is 10.7. The Hall–Kier alpha value is -1.35. The first-order valence-electron chi connectivity index (χ1n) is 7.64. The second kappa shape index (κ2) is 6.89. The molecule has 1 aliphatic carbocycles. The number of carboxylic acids is 1. The van der Waals surface area contributed by atoms with E-state index in [9.17, 15) is 4.79 Å². The zero-order chi connectivity index (χ0) is 14.5. The first-order valence-corrected chi connectivity index (χ1v) is 7.64. The minimum atomic E-state index is -0.774. The van der Waals surface area contributed by atoms with Crippen molar-refractivity contribution in [2.75, 3.05) is 0 Å². The molecule has 0 saturated heterocycles. The van der Waals surface area contributed by atoms with E-state index in [1.807, 2.05) is 6.07 Å². The van der Waals surface area contributed by atoms with Crippen LogP contribution in [-0.2, 0) is 4.79 Å². The number of nitrogens with two attached hydrogens (primary N) is 1. The predicted octanol–water partition coefficient (Wildman–Crippen LogP) is 3.84. The fourth-order valence-electron chi connectivity index (χ4n) is 3.23. The van der Waals surface area contributed by atoms with Crippen LogP contribution < -0.4 is 5.73 Å². The Morgan fingerprint density at radius 1 is 1.30 bits per heavy atom. The standard InChI is InChI=1S/C17H25NO2/c1-12-6-8-13(9-7-12)14-4-2-3-5-15(14)16(18)10-11-17(19)20/h2-5,12-13,16H,6-11,18H2,1H3,(H,19,20). The highest BCUT2D eigenvalue weighted by Crippen LogP contribution is 2.38. The number of hydrogen-bond donors (Lipinski definition) is 2. The van der Waals surface area contributed by atoms with Gasteiger partial charge >= 0.3 is 5.97 Å². The highest BCUT2D eigenvalue weighted by atomic mass is 16.4. The maximum absolute atomic E-state index is 10.7. The molecule has 0 heterocycles. The molecule has 0 aliphatic heterocycles. The normalized spacial score (nSPS) is 24.3. The second-order valence-corrected chi connectivity index (χ2v) is 6.12. The van der Waals surface area contributed by atoms with Crippen LogP contribution in [0.25, 0.3) is 0 Å². The van der Waals surface area contributed by atoms with Crippen molar-refractivity contribution < 1.29 is 9.90 Å². The molecule has 3 N–H and O–H groups in total. The molecule has 1 aliphatic rings. The molecule has 1 fully saturated rings. The molecule has 3 nitrogen and oxygen atoms in total. The Labute approximate surface area is 121 Å². The molecule has 110 valence electrons. The summed E-state index contributed by atoms with van der Waals surface area (Å²) in [5.74, 6) is 0.654. The van der Waals surface area contributed by atoms with Gasteiger partial charge in [0.05, 0.1) is 0 Å². The lowest BCUT2D eigenvalue weighted by atomic mass is 9.77. The van der Waals surface area contributed by atoms with Gasteiger partial charge in [-0.25, -0.2) is 0 Å². The average Bonchev–Trinajstić information content (AvgIpc) is 2.45. The lowest BCUT2D eigenvalue weighted by molar-refractivity contribution is -0.137. The van der Waals surface area contributed by atoms with Crippen LogP contribution in [-0.4, -0.2) is 11.1 Å². The summed E-state index contributed by atoms with van der Waals surface area (Å²) in [4.78, 5) is 10.7. The number of benzene rings is 1. The summed E-state index contributed by atoms with van der Waals surface area (Å²) >= 11 is 0. The Kier molecular flexibility index (Phi) is 5.18. The number of carbonyl (C=O) groups is 1. The summed E-state index contributed by atoms with van der Waals surface area (Å²) in [5.41, 5.74) is 8.71. The van der Waals surface area contributed by atoms with Crippen molar-refractivity contribution in [3.63, 3.8) is 0 Å². The minimum absolute atomic E-state index is 0.136. The number of hydrogen-bond acceptors (Lipinski definition) is 2. The Morgan fingerprint density at radius 2 is 1.95 bits per heavy atom. The Balaban J connectivity index is 2.11. The summed E-state index contributed by atoms with van der Waals surface area (Å²) < 4.78 is 0. The molecule has 1 unspecified atom stereocenters. The van der Waals surface area contributed by atoms with Gasteiger partial charge in [0.1, 0.15) is 0 Å². The van der Waals surface area contributed by atoms with Gasteiger partial charge in [-0.1, -0.05) is 44.0 Å². The van der Waals surface area contributed by atoms with Crippen LogP contribution in [0.15, 0.2) is 24.3 Å². The monoisotopic (exact) mass is 275 g/mol. The van der Waals surface area contributed by atoms with Crippen molar-refractivity contribution in [3.05, 3.63) is 35.4 Å². The third-order valence-electron chi connectivity index (χ3n) is 4.52. The summed E-state index contributed by atoms with van der Waals surface area (Å²) in [6.45, 7) is 2.32. The molecule has 1 aromatic carbocycles. The molecule has 3 heteroatoms. The first kappa shape index (κ1) is 15.0. The van der Waals surface area contributed by atoms with Gasteiger partial charge in [-0.2, -0.15) is 0 Å². The van der Waals surface area contributed by atoms with E-state index >= 15 is 0 Å². The quantitative estimate of drug-likeness (QED) is 0.858. The van der Waals surface area contributed by atoms with Gasteiger partial charge in [-0.15, -0.1) is 0 Å². The van der Waals surface area contributed by atoms with E-state index < -0.39 is 5.97 Å². The van der Waals surface area contributed by atoms with Crippen LogP contribution >= 0.6 is 0 Å². The molecule has 1 atom stereocenters. The van der Waals surface area contributed by atoms with Crippen molar-refractivity contribution >= 4 is 5.97 Å². The molecule has 0 bridgehead atoms. The lowest BCUT2D eigenvalue weighted by Gasteiger charge is -2.29. The molecule has 20 heavy (non-hydrogen) atoms. The van der Waals surface area contributed by atoms with Crippen LogP contribution in [0.5, 0.6) is 0 Å². The van der Waals surface area contributed by atoms with Crippen LogP contribution in [0, 0.1) is 5.92 Å². The fraction of sp³-hybridized carbons (Fsp3) is 0.588. The lowest BCUT2D eigenvalue weighted by Crippen LogP contribution is -2.18. The zero-order valence-corrected chi connectivity index (χ0v) is 12.2. The first-order chi connectivity index (χ1) is 9.58. The minimum Gasteiger partial charge on any atom is -0.481 e. The van der Waals surface area contributed by atoms with Gasteiger partial charge in [0.25, 0.3) is 0 Å². The van der Waals surface area contributed by atoms with Gasteiger partial charge in [-0.05, 0) is 42.2 Å². The third kappa shape index (κ3) is 3.83. The molecule has 0 spiro atoms. The second-order valence-electron chi connectivity index (χ2n) is 6.12. The number of aliphatic carboxylic acids is 1. The predicted molar refractivity (Wildman–Crippen MR) is 80.6 cm³/mol. The Bertz CT molecular complexity index is 450. The highest BCUT2D eigenvalue weighted by Gasteiger charge is 2.23. The fourth-order valence-corrected chi connectivity index (χ4v) is 3.23. The van der Waals surface area contributed by atoms with Crippen molar-refractivity contribution in [1.82, 2.24) is 0 Å². The average molecular weight is 275 g/mol. The van der Waals surface area contributed by atoms with E-state index in [4.69, 9.17) is 10.8 Å². The zero-order valence-electron chi connectivity index (χ0n) is 12.2. The van der Waals surface area contributed by atoms with E-state index in [0.29, 0.717) is 12.3 Å². The summed E-state index contributed by atoms with van der Waals surface area (Å²) in [6, 6.07) is 8.16. The smallest absolute Gasteiger partial charge is 0.303 e. The highest BCUT2D eigenvalue weighted by molar-refractivity contribution is 5.66. The Morgan fingerprint density at radius 3 is 2.60 bits per heavy atom. The molecular formula is C17H25NO2. The van der Waals surface area contributed by atoms with E-state index in [-0.39, 0.29) is 12.5 Å². The van der Waals surface area contributed by atoms with E-state index in [1.165, 1.54) is 31.2 Å². The van der Waals surface area contributed by atoms with Crippen molar-refractivity contribution in [1.29, 1.82) is 0 Å². The molecule has 1 saturated carbocycles. The molecule has 0 amide bonds. The molecular weight excluding hydrogens is 250 g/mol. The molecule has 0 radical (unpaired) electrons. The third-order valence-corrected chi connectivity index (χ3v) is 4.52. The van der Waals surface area contributed by atoms with E-state index in [1.54, 1.807) is 0 Å². The van der Waals surface area contributed by atoms with Gasteiger partial charge < -0.3 is 10.8 Å². The van der Waals surface area contributed by atoms with Gasteiger partial charge in [-0.3, -0.25) is 4.79 Å². The van der Waals surface area contributed by atoms with Gasteiger partial charge in [0.2, 0.25) is 0 Å². The van der Waals surface area contributed by atoms with Crippen LogP contribution in [0.1, 0.15) is 68.5 Å². The molecule has 0 aromatic heterocycles.